The van der Waals surface area contributed by atoms with E-state index in [2.05, 4.69) is 0 Å². The van der Waals surface area contributed by atoms with Crippen molar-refractivity contribution in [2.75, 3.05) is 26.4 Å². The first kappa shape index (κ1) is 22.2. The van der Waals surface area contributed by atoms with Crippen molar-refractivity contribution in [3.63, 3.8) is 0 Å². The molecule has 0 radical (unpaired) electrons. The molecule has 0 aromatic heterocycles. The van der Waals surface area contributed by atoms with Crippen LogP contribution in [0, 0.1) is 0 Å². The molecule has 0 aliphatic carbocycles. The van der Waals surface area contributed by atoms with E-state index in [0.29, 0.717) is 26.4 Å². The quantitative estimate of drug-likeness (QED) is 0.327. The smallest absolute Gasteiger partial charge is 0.494 e. The van der Waals surface area contributed by atoms with E-state index in [0.717, 1.165) is 45.6 Å². The van der Waals surface area contributed by atoms with Gasteiger partial charge in [0, 0.05) is 35.7 Å². The van der Waals surface area contributed by atoms with Gasteiger partial charge in [-0.3, -0.25) is 0 Å². The third kappa shape index (κ3) is 5.35. The van der Waals surface area contributed by atoms with Gasteiger partial charge >= 0.3 is 8.80 Å². The van der Waals surface area contributed by atoms with Crippen LogP contribution in [0.15, 0.2) is 52.3 Å². The molecule has 2 aromatic rings. The van der Waals surface area contributed by atoms with Crippen LogP contribution in [-0.4, -0.2) is 39.4 Å². The molecule has 5 nitrogen and oxygen atoms in total. The zero-order chi connectivity index (χ0) is 20.7. The molecule has 1 aliphatic heterocycles. The van der Waals surface area contributed by atoms with Gasteiger partial charge < -0.3 is 18.0 Å². The molecule has 158 valence electrons. The fourth-order valence-electron chi connectivity index (χ4n) is 3.60. The van der Waals surface area contributed by atoms with Crippen LogP contribution in [0.4, 0.5) is 0 Å². The first-order chi connectivity index (χ1) is 14.1. The molecule has 0 bridgehead atoms. The highest BCUT2D eigenvalue weighted by Gasteiger charge is 2.39. The Hall–Kier alpha value is -1.51. The van der Waals surface area contributed by atoms with Gasteiger partial charge in [0.25, 0.3) is 0 Å². The summed E-state index contributed by atoms with van der Waals surface area (Å²) in [7, 11) is -3.75. The van der Waals surface area contributed by atoms with E-state index in [9.17, 15) is 4.21 Å². The third-order valence-corrected chi connectivity index (χ3v) is 9.52. The zero-order valence-electron chi connectivity index (χ0n) is 17.4. The summed E-state index contributed by atoms with van der Waals surface area (Å²) in [6.07, 6.45) is 1.57. The fourth-order valence-corrected chi connectivity index (χ4v) is 7.56. The van der Waals surface area contributed by atoms with Crippen LogP contribution in [-0.2, 0) is 30.5 Å². The van der Waals surface area contributed by atoms with Crippen LogP contribution < -0.4 is 4.74 Å². The topological polar surface area (TPSA) is 54.0 Å². The van der Waals surface area contributed by atoms with E-state index in [1.807, 2.05) is 63.2 Å². The molecule has 0 saturated heterocycles. The molecule has 0 saturated carbocycles. The van der Waals surface area contributed by atoms with Gasteiger partial charge in [-0.05, 0) is 69.0 Å². The minimum Gasteiger partial charge on any atom is -0.494 e. The Labute approximate surface area is 177 Å². The molecule has 3 rings (SSSR count). The molecule has 0 N–H and O–H groups in total. The van der Waals surface area contributed by atoms with E-state index in [1.54, 1.807) is 0 Å². The summed E-state index contributed by atoms with van der Waals surface area (Å²) < 4.78 is 36.5. The standard InChI is InChI=1S/C22H30O5SSi/c1-4-25-29(26-5-2,27-6-3)15-9-14-24-20-12-13-22-19(17-20)16-18-10-7-8-11-21(18)28(22)23/h7-8,10-13,17H,4-6,9,14-16H2,1-3H3. The Morgan fingerprint density at radius 3 is 2.24 bits per heavy atom. The van der Waals surface area contributed by atoms with Crippen LogP contribution in [0.1, 0.15) is 38.3 Å². The summed E-state index contributed by atoms with van der Waals surface area (Å²) in [4.78, 5) is 1.80. The van der Waals surface area contributed by atoms with Gasteiger partial charge in [0.05, 0.1) is 17.4 Å². The predicted molar refractivity (Wildman–Crippen MR) is 116 cm³/mol. The zero-order valence-corrected chi connectivity index (χ0v) is 19.3. The number of fused-ring (bicyclic) bond motifs is 2. The van der Waals surface area contributed by atoms with Gasteiger partial charge in [-0.25, -0.2) is 4.21 Å². The Bertz CT molecular complexity index is 825. The minimum absolute atomic E-state index is 0.556. The summed E-state index contributed by atoms with van der Waals surface area (Å²) in [5.74, 6) is 0.802. The largest absolute Gasteiger partial charge is 0.501 e. The highest BCUT2D eigenvalue weighted by atomic mass is 32.2. The van der Waals surface area contributed by atoms with E-state index in [1.165, 1.54) is 0 Å². The van der Waals surface area contributed by atoms with E-state index >= 15 is 0 Å². The Morgan fingerprint density at radius 2 is 1.55 bits per heavy atom. The van der Waals surface area contributed by atoms with Gasteiger partial charge in [-0.2, -0.15) is 0 Å². The Kier molecular flexibility index (Phi) is 8.03. The molecule has 2 aromatic carbocycles. The second kappa shape index (κ2) is 10.5. The molecular formula is C22H30O5SSi. The van der Waals surface area contributed by atoms with Crippen molar-refractivity contribution in [1.29, 1.82) is 0 Å². The predicted octanol–water partition coefficient (Wildman–Crippen LogP) is 4.57. The number of hydrogen-bond donors (Lipinski definition) is 0. The maximum Gasteiger partial charge on any atom is 0.501 e. The summed E-state index contributed by atoms with van der Waals surface area (Å²) in [6, 6.07) is 14.5. The van der Waals surface area contributed by atoms with Crippen molar-refractivity contribution >= 4 is 19.6 Å². The van der Waals surface area contributed by atoms with Crippen LogP contribution >= 0.6 is 0 Å². The van der Waals surface area contributed by atoms with E-state index in [-0.39, 0.29) is 0 Å². The highest BCUT2D eigenvalue weighted by molar-refractivity contribution is 7.85. The van der Waals surface area contributed by atoms with Gasteiger partial charge in [-0.1, -0.05) is 18.2 Å². The second-order valence-electron chi connectivity index (χ2n) is 6.76. The van der Waals surface area contributed by atoms with Crippen molar-refractivity contribution in [2.24, 2.45) is 0 Å². The highest BCUT2D eigenvalue weighted by Crippen LogP contribution is 2.33. The lowest BCUT2D eigenvalue weighted by Crippen LogP contribution is -2.46. The number of hydrogen-bond acceptors (Lipinski definition) is 5. The van der Waals surface area contributed by atoms with Gasteiger partial charge in [0.2, 0.25) is 0 Å². The minimum atomic E-state index is -2.63. The molecule has 0 amide bonds. The average molecular weight is 435 g/mol. The maximum atomic E-state index is 12.8. The van der Waals surface area contributed by atoms with Crippen molar-refractivity contribution in [3.05, 3.63) is 53.6 Å². The molecular weight excluding hydrogens is 404 g/mol. The maximum absolute atomic E-state index is 12.8. The van der Waals surface area contributed by atoms with Crippen LogP contribution in [0.5, 0.6) is 5.75 Å². The summed E-state index contributed by atoms with van der Waals surface area (Å²) >= 11 is 0. The molecule has 1 atom stereocenters. The fraction of sp³-hybridized carbons (Fsp3) is 0.455. The van der Waals surface area contributed by atoms with Crippen molar-refractivity contribution in [2.45, 2.75) is 49.4 Å². The molecule has 0 fully saturated rings. The second-order valence-corrected chi connectivity index (χ2v) is 10.9. The SMILES string of the molecule is CCO[Si](CCCOc1ccc2c(c1)Cc1ccccc1S2=O)(OCC)OCC. The van der Waals surface area contributed by atoms with E-state index < -0.39 is 19.6 Å². The number of benzene rings is 2. The van der Waals surface area contributed by atoms with E-state index in [4.69, 9.17) is 18.0 Å². The molecule has 29 heavy (non-hydrogen) atoms. The summed E-state index contributed by atoms with van der Waals surface area (Å²) in [5.41, 5.74) is 2.19. The third-order valence-electron chi connectivity index (χ3n) is 4.77. The Morgan fingerprint density at radius 1 is 0.897 bits per heavy atom. The van der Waals surface area contributed by atoms with Crippen LogP contribution in [0.2, 0.25) is 6.04 Å². The van der Waals surface area contributed by atoms with Gasteiger partial charge in [0.1, 0.15) is 5.75 Å². The van der Waals surface area contributed by atoms with Gasteiger partial charge in [0.15, 0.2) is 0 Å². The van der Waals surface area contributed by atoms with Crippen LogP contribution in [0.25, 0.3) is 0 Å². The monoisotopic (exact) mass is 434 g/mol. The summed E-state index contributed by atoms with van der Waals surface area (Å²) in [6.45, 7) is 8.19. The molecule has 0 spiro atoms. The lowest BCUT2D eigenvalue weighted by atomic mass is 10.0. The first-order valence-corrected chi connectivity index (χ1v) is 13.4. The van der Waals surface area contributed by atoms with Gasteiger partial charge in [-0.15, -0.1) is 0 Å². The normalized spacial score (nSPS) is 15.6. The van der Waals surface area contributed by atoms with Crippen molar-refractivity contribution < 1.29 is 22.2 Å². The first-order valence-electron chi connectivity index (χ1n) is 10.3. The molecule has 7 heteroatoms. The summed E-state index contributed by atoms with van der Waals surface area (Å²) in [5, 5.41) is 0. The van der Waals surface area contributed by atoms with Crippen LogP contribution in [0.3, 0.4) is 0 Å². The van der Waals surface area contributed by atoms with Crippen molar-refractivity contribution in [3.8, 4) is 5.75 Å². The molecule has 1 heterocycles. The lowest BCUT2D eigenvalue weighted by Gasteiger charge is -2.28. The molecule has 1 aliphatic rings. The molecule has 1 unspecified atom stereocenters. The number of ether oxygens (including phenoxy) is 1. The van der Waals surface area contributed by atoms with Crippen molar-refractivity contribution in [1.82, 2.24) is 0 Å². The number of rotatable bonds is 11. The average Bonchev–Trinajstić information content (AvgIpc) is 2.72. The lowest BCUT2D eigenvalue weighted by molar-refractivity contribution is 0.0696. The Balaban J connectivity index is 1.60.